The topological polar surface area (TPSA) is 114 Å². The molecule has 2 N–H and O–H groups in total. The average Bonchev–Trinajstić information content (AvgIpc) is 2.74. The van der Waals surface area contributed by atoms with Crippen LogP contribution in [0.2, 0.25) is 0 Å². The number of hydrogen-bond donors (Lipinski definition) is 1. The predicted molar refractivity (Wildman–Crippen MR) is 110 cm³/mol. The van der Waals surface area contributed by atoms with Crippen LogP contribution in [-0.4, -0.2) is 34.1 Å². The van der Waals surface area contributed by atoms with Crippen LogP contribution in [0.4, 0.5) is 13.2 Å². The van der Waals surface area contributed by atoms with Gasteiger partial charge in [0.2, 0.25) is 5.88 Å². The van der Waals surface area contributed by atoms with Gasteiger partial charge in [0.1, 0.15) is 22.9 Å². The van der Waals surface area contributed by atoms with Gasteiger partial charge < -0.3 is 19.9 Å². The summed E-state index contributed by atoms with van der Waals surface area (Å²) in [7, 11) is 0. The van der Waals surface area contributed by atoms with E-state index in [2.05, 4.69) is 14.7 Å². The van der Waals surface area contributed by atoms with Gasteiger partial charge in [0.15, 0.2) is 17.7 Å². The summed E-state index contributed by atoms with van der Waals surface area (Å²) in [4.78, 5) is 31.4. The van der Waals surface area contributed by atoms with Crippen molar-refractivity contribution in [1.82, 2.24) is 9.97 Å². The van der Waals surface area contributed by atoms with E-state index < -0.39 is 18.4 Å². The lowest BCUT2D eigenvalue weighted by Gasteiger charge is -2.13. The second-order valence-electron chi connectivity index (χ2n) is 6.80. The number of primary amides is 1. The molecule has 0 bridgehead atoms. The maximum Gasteiger partial charge on any atom is 0.573 e. The van der Waals surface area contributed by atoms with E-state index in [1.165, 1.54) is 25.1 Å². The number of amides is 1. The van der Waals surface area contributed by atoms with E-state index in [0.29, 0.717) is 11.3 Å². The number of ketones is 1. The van der Waals surface area contributed by atoms with Gasteiger partial charge in [-0.1, -0.05) is 0 Å². The Hall–Kier alpha value is -4.15. The summed E-state index contributed by atoms with van der Waals surface area (Å²) < 4.78 is 51.6. The van der Waals surface area contributed by atoms with Gasteiger partial charge in [-0.2, -0.15) is 4.98 Å². The fraction of sp³-hybridized carbons (Fsp3) is 0.182. The molecule has 3 aromatic rings. The van der Waals surface area contributed by atoms with Gasteiger partial charge >= 0.3 is 6.36 Å². The Kier molecular flexibility index (Phi) is 6.80. The van der Waals surface area contributed by atoms with Gasteiger partial charge in [-0.25, -0.2) is 4.98 Å². The van der Waals surface area contributed by atoms with Crippen molar-refractivity contribution in [2.45, 2.75) is 26.3 Å². The number of aromatic nitrogens is 2. The highest BCUT2D eigenvalue weighted by Gasteiger charge is 2.31. The van der Waals surface area contributed by atoms with Gasteiger partial charge in [-0.15, -0.1) is 13.2 Å². The molecule has 0 saturated heterocycles. The third kappa shape index (κ3) is 6.66. The largest absolute Gasteiger partial charge is 0.573 e. The molecule has 1 heterocycles. The summed E-state index contributed by atoms with van der Waals surface area (Å²) >= 11 is 0. The normalized spacial score (nSPS) is 12.0. The van der Waals surface area contributed by atoms with Gasteiger partial charge in [0.25, 0.3) is 5.91 Å². The monoisotopic (exact) mass is 461 g/mol. The van der Waals surface area contributed by atoms with Crippen LogP contribution in [0, 0.1) is 0 Å². The number of alkyl halides is 3. The fourth-order valence-electron chi connectivity index (χ4n) is 2.52. The molecule has 0 fully saturated rings. The Morgan fingerprint density at radius 3 is 2.00 bits per heavy atom. The SMILES string of the molecule is CC(=O)[C@H](C)Oc1cc(C(N)=O)nc(-c2ccc(Oc3ccc(OC(F)(F)F)cc3)cc2)n1. The summed E-state index contributed by atoms with van der Waals surface area (Å²) in [5, 5.41) is 0. The van der Waals surface area contributed by atoms with E-state index in [4.69, 9.17) is 15.2 Å². The van der Waals surface area contributed by atoms with Gasteiger partial charge in [-0.05, 0) is 62.4 Å². The van der Waals surface area contributed by atoms with Crippen LogP contribution in [0.15, 0.2) is 54.6 Å². The van der Waals surface area contributed by atoms with Crippen molar-refractivity contribution >= 4 is 11.7 Å². The summed E-state index contributed by atoms with van der Waals surface area (Å²) in [6, 6.07) is 12.5. The highest BCUT2D eigenvalue weighted by atomic mass is 19.4. The van der Waals surface area contributed by atoms with Crippen LogP contribution in [0.25, 0.3) is 11.4 Å². The molecule has 172 valence electrons. The quantitative estimate of drug-likeness (QED) is 0.532. The third-order valence-corrected chi connectivity index (χ3v) is 4.23. The fourth-order valence-corrected chi connectivity index (χ4v) is 2.52. The van der Waals surface area contributed by atoms with Crippen LogP contribution in [0.1, 0.15) is 24.3 Å². The van der Waals surface area contributed by atoms with E-state index in [9.17, 15) is 22.8 Å². The van der Waals surface area contributed by atoms with E-state index >= 15 is 0 Å². The molecule has 1 atom stereocenters. The van der Waals surface area contributed by atoms with E-state index in [0.717, 1.165) is 12.1 Å². The molecule has 0 aliphatic carbocycles. The number of benzene rings is 2. The highest BCUT2D eigenvalue weighted by molar-refractivity contribution is 5.91. The summed E-state index contributed by atoms with van der Waals surface area (Å²) in [5.41, 5.74) is 5.74. The van der Waals surface area contributed by atoms with Crippen molar-refractivity contribution < 1.29 is 37.0 Å². The first-order valence-electron chi connectivity index (χ1n) is 9.50. The maximum absolute atomic E-state index is 12.2. The molecule has 0 radical (unpaired) electrons. The van der Waals surface area contributed by atoms with Crippen molar-refractivity contribution in [1.29, 1.82) is 0 Å². The zero-order valence-corrected chi connectivity index (χ0v) is 17.4. The molecule has 0 aliphatic heterocycles. The molecule has 8 nitrogen and oxygen atoms in total. The summed E-state index contributed by atoms with van der Waals surface area (Å²) in [5.74, 6) is -0.565. The molecule has 0 aliphatic rings. The molecule has 0 unspecified atom stereocenters. The molecule has 0 saturated carbocycles. The molecule has 2 aromatic carbocycles. The summed E-state index contributed by atoms with van der Waals surface area (Å²) in [6.45, 7) is 2.90. The number of carbonyl (C=O) groups excluding carboxylic acids is 2. The first kappa shape index (κ1) is 23.5. The standard InChI is InChI=1S/C22H18F3N3O5/c1-12(29)13(2)31-19-11-18(20(26)30)27-21(28-19)14-3-5-15(6-4-14)32-16-7-9-17(10-8-16)33-22(23,24)25/h3-11,13H,1-2H3,(H2,26,30)/t13-/m0/s1. The summed E-state index contributed by atoms with van der Waals surface area (Å²) in [6.07, 6.45) is -5.56. The van der Waals surface area contributed by atoms with Crippen molar-refractivity contribution in [2.24, 2.45) is 5.73 Å². The average molecular weight is 461 g/mol. The minimum atomic E-state index is -4.78. The molecular weight excluding hydrogens is 443 g/mol. The minimum absolute atomic E-state index is 0.0120. The van der Waals surface area contributed by atoms with Crippen molar-refractivity contribution in [3.8, 4) is 34.5 Å². The lowest BCUT2D eigenvalue weighted by molar-refractivity contribution is -0.274. The Morgan fingerprint density at radius 1 is 0.939 bits per heavy atom. The van der Waals surface area contributed by atoms with E-state index in [-0.39, 0.29) is 34.7 Å². The number of carbonyl (C=O) groups is 2. The highest BCUT2D eigenvalue weighted by Crippen LogP contribution is 2.29. The number of Topliss-reactive ketones (excluding diaryl/α,β-unsaturated/α-hetero) is 1. The second kappa shape index (κ2) is 9.55. The number of nitrogens with two attached hydrogens (primary N) is 1. The van der Waals surface area contributed by atoms with Crippen LogP contribution in [-0.2, 0) is 4.79 Å². The number of nitrogens with zero attached hydrogens (tertiary/aromatic N) is 2. The number of ether oxygens (including phenoxy) is 3. The first-order valence-corrected chi connectivity index (χ1v) is 9.50. The minimum Gasteiger partial charge on any atom is -0.467 e. The van der Waals surface area contributed by atoms with E-state index in [1.807, 2.05) is 0 Å². The molecular formula is C22H18F3N3O5. The second-order valence-corrected chi connectivity index (χ2v) is 6.80. The van der Waals surface area contributed by atoms with E-state index in [1.54, 1.807) is 31.2 Å². The molecule has 33 heavy (non-hydrogen) atoms. The molecule has 1 amide bonds. The van der Waals surface area contributed by atoms with Crippen LogP contribution in [0.5, 0.6) is 23.1 Å². The number of halogens is 3. The zero-order valence-electron chi connectivity index (χ0n) is 17.4. The zero-order chi connectivity index (χ0) is 24.2. The Morgan fingerprint density at radius 2 is 1.48 bits per heavy atom. The van der Waals surface area contributed by atoms with Crippen LogP contribution < -0.4 is 19.9 Å². The Labute approximate surface area is 186 Å². The maximum atomic E-state index is 12.2. The van der Waals surface area contributed by atoms with Crippen LogP contribution in [0.3, 0.4) is 0 Å². The Bertz CT molecular complexity index is 1150. The van der Waals surface area contributed by atoms with Crippen molar-refractivity contribution in [3.63, 3.8) is 0 Å². The molecule has 1 aromatic heterocycles. The smallest absolute Gasteiger partial charge is 0.467 e. The predicted octanol–water partition coefficient (Wildman–Crippen LogP) is 4.29. The first-order chi connectivity index (χ1) is 15.5. The third-order valence-electron chi connectivity index (χ3n) is 4.23. The molecule has 0 spiro atoms. The number of hydrogen-bond acceptors (Lipinski definition) is 7. The molecule has 3 rings (SSSR count). The number of rotatable bonds is 8. The van der Waals surface area contributed by atoms with Gasteiger partial charge in [0, 0.05) is 11.6 Å². The molecule has 11 heteroatoms. The van der Waals surface area contributed by atoms with Crippen molar-refractivity contribution in [2.75, 3.05) is 0 Å². The lowest BCUT2D eigenvalue weighted by Crippen LogP contribution is -2.22. The lowest BCUT2D eigenvalue weighted by atomic mass is 10.2. The van der Waals surface area contributed by atoms with Crippen LogP contribution >= 0.6 is 0 Å². The van der Waals surface area contributed by atoms with Gasteiger partial charge in [-0.3, -0.25) is 9.59 Å². The van der Waals surface area contributed by atoms with Gasteiger partial charge in [0.05, 0.1) is 0 Å². The van der Waals surface area contributed by atoms with Crippen molar-refractivity contribution in [3.05, 3.63) is 60.3 Å². The Balaban J connectivity index is 1.78.